The molecule has 0 saturated heterocycles. The predicted molar refractivity (Wildman–Crippen MR) is 91.3 cm³/mol. The van der Waals surface area contributed by atoms with Crippen molar-refractivity contribution in [2.45, 2.75) is 5.41 Å². The van der Waals surface area contributed by atoms with Crippen molar-refractivity contribution in [2.24, 2.45) is 0 Å². The van der Waals surface area contributed by atoms with Crippen molar-refractivity contribution in [3.8, 4) is 0 Å². The van der Waals surface area contributed by atoms with Crippen LogP contribution in [0.4, 0.5) is 5.69 Å². The molecule has 2 aromatic rings. The zero-order valence-electron chi connectivity index (χ0n) is 13.8. The number of aliphatic hydroxyl groups excluding tert-OH is 1. The van der Waals surface area contributed by atoms with Crippen LogP contribution in [0.1, 0.15) is 15.9 Å². The van der Waals surface area contributed by atoms with E-state index in [1.807, 2.05) is 0 Å². The first-order chi connectivity index (χ1) is 12.1. The van der Waals surface area contributed by atoms with E-state index in [2.05, 4.69) is 0 Å². The fourth-order valence-electron chi connectivity index (χ4n) is 3.04. The second kappa shape index (κ2) is 7.04. The van der Waals surface area contributed by atoms with E-state index in [0.717, 1.165) is 0 Å². The standard InChI is InChI=1S/C19H19NO5/c1-24-13-20-16-10-6-5-9-15(16)19(11-21,18(20)23)12-25-17(22)14-7-3-2-4-8-14/h2-10,21H,11-13H2,1H3. The van der Waals surface area contributed by atoms with Crippen LogP contribution in [0.2, 0.25) is 0 Å². The summed E-state index contributed by atoms with van der Waals surface area (Å²) in [6.45, 7) is -0.650. The molecule has 1 aliphatic heterocycles. The molecule has 1 atom stereocenters. The summed E-state index contributed by atoms with van der Waals surface area (Å²) in [7, 11) is 1.49. The number of methoxy groups -OCH3 is 1. The SMILES string of the molecule is COCN1C(=O)C(CO)(COC(=O)c2ccccc2)c2ccccc21. The monoisotopic (exact) mass is 341 g/mol. The third kappa shape index (κ3) is 2.90. The third-order valence-electron chi connectivity index (χ3n) is 4.35. The Bertz CT molecular complexity index is 776. The Balaban J connectivity index is 1.89. The summed E-state index contributed by atoms with van der Waals surface area (Å²) in [4.78, 5) is 26.6. The van der Waals surface area contributed by atoms with E-state index in [1.165, 1.54) is 12.0 Å². The number of hydrogen-bond acceptors (Lipinski definition) is 5. The van der Waals surface area contributed by atoms with Crippen molar-refractivity contribution in [3.63, 3.8) is 0 Å². The van der Waals surface area contributed by atoms with Gasteiger partial charge in [-0.2, -0.15) is 0 Å². The summed E-state index contributed by atoms with van der Waals surface area (Å²) in [6, 6.07) is 15.7. The smallest absolute Gasteiger partial charge is 0.338 e. The molecule has 0 radical (unpaired) electrons. The molecular weight excluding hydrogens is 322 g/mol. The molecule has 0 fully saturated rings. The Morgan fingerprint density at radius 3 is 2.48 bits per heavy atom. The van der Waals surface area contributed by atoms with Gasteiger partial charge in [0, 0.05) is 7.11 Å². The number of amides is 1. The van der Waals surface area contributed by atoms with Gasteiger partial charge in [0.2, 0.25) is 5.91 Å². The van der Waals surface area contributed by atoms with Gasteiger partial charge in [0.15, 0.2) is 0 Å². The zero-order valence-corrected chi connectivity index (χ0v) is 13.8. The van der Waals surface area contributed by atoms with Crippen LogP contribution in [0.15, 0.2) is 54.6 Å². The number of hydrogen-bond donors (Lipinski definition) is 1. The summed E-state index contributed by atoms with van der Waals surface area (Å²) >= 11 is 0. The summed E-state index contributed by atoms with van der Waals surface area (Å²) in [5.74, 6) is -0.886. The lowest BCUT2D eigenvalue weighted by atomic mass is 9.83. The summed E-state index contributed by atoms with van der Waals surface area (Å²) in [5.41, 5.74) is 0.349. The van der Waals surface area contributed by atoms with Crippen molar-refractivity contribution in [2.75, 3.05) is 32.0 Å². The maximum atomic E-state index is 12.9. The molecule has 1 amide bonds. The Morgan fingerprint density at radius 2 is 1.80 bits per heavy atom. The molecule has 6 nitrogen and oxygen atoms in total. The molecule has 1 aliphatic rings. The third-order valence-corrected chi connectivity index (χ3v) is 4.35. The first-order valence-electron chi connectivity index (χ1n) is 7.87. The molecule has 0 aliphatic carbocycles. The van der Waals surface area contributed by atoms with Gasteiger partial charge in [-0.3, -0.25) is 9.69 Å². The molecule has 3 rings (SSSR count). The first-order valence-corrected chi connectivity index (χ1v) is 7.87. The maximum Gasteiger partial charge on any atom is 0.338 e. The molecule has 0 bridgehead atoms. The topological polar surface area (TPSA) is 76.1 Å². The maximum absolute atomic E-state index is 12.9. The fourth-order valence-corrected chi connectivity index (χ4v) is 3.04. The lowest BCUT2D eigenvalue weighted by Gasteiger charge is -2.26. The average Bonchev–Trinajstić information content (AvgIpc) is 2.90. The molecule has 6 heteroatoms. The quantitative estimate of drug-likeness (QED) is 0.810. The number of fused-ring (bicyclic) bond motifs is 1. The van der Waals surface area contributed by atoms with Gasteiger partial charge >= 0.3 is 5.97 Å². The lowest BCUT2D eigenvalue weighted by Crippen LogP contribution is -2.47. The van der Waals surface area contributed by atoms with Gasteiger partial charge in [0.05, 0.1) is 17.9 Å². The van der Waals surface area contributed by atoms with Gasteiger partial charge in [0.1, 0.15) is 18.8 Å². The number of para-hydroxylation sites is 1. The average molecular weight is 341 g/mol. The van der Waals surface area contributed by atoms with Gasteiger partial charge in [-0.05, 0) is 23.8 Å². The van der Waals surface area contributed by atoms with Crippen LogP contribution < -0.4 is 4.90 Å². The van der Waals surface area contributed by atoms with Crippen molar-refractivity contribution < 1.29 is 24.2 Å². The van der Waals surface area contributed by atoms with Crippen LogP contribution in [-0.4, -0.2) is 44.0 Å². The summed E-state index contributed by atoms with van der Waals surface area (Å²) in [6.07, 6.45) is 0. The van der Waals surface area contributed by atoms with E-state index < -0.39 is 18.0 Å². The van der Waals surface area contributed by atoms with Gasteiger partial charge in [-0.25, -0.2) is 4.79 Å². The number of carbonyl (C=O) groups is 2. The number of anilines is 1. The van der Waals surface area contributed by atoms with E-state index >= 15 is 0 Å². The van der Waals surface area contributed by atoms with Crippen molar-refractivity contribution in [3.05, 3.63) is 65.7 Å². The zero-order chi connectivity index (χ0) is 17.9. The molecule has 25 heavy (non-hydrogen) atoms. The van der Waals surface area contributed by atoms with Gasteiger partial charge < -0.3 is 14.6 Å². The highest BCUT2D eigenvalue weighted by Gasteiger charge is 2.51. The molecule has 130 valence electrons. The van der Waals surface area contributed by atoms with Crippen LogP contribution in [0.3, 0.4) is 0 Å². The van der Waals surface area contributed by atoms with Gasteiger partial charge in [-0.1, -0.05) is 36.4 Å². The second-order valence-electron chi connectivity index (χ2n) is 5.85. The minimum atomic E-state index is -1.32. The number of esters is 1. The van der Waals surface area contributed by atoms with E-state index in [1.54, 1.807) is 54.6 Å². The van der Waals surface area contributed by atoms with Gasteiger partial charge in [-0.15, -0.1) is 0 Å². The number of benzene rings is 2. The number of aliphatic hydroxyl groups is 1. The van der Waals surface area contributed by atoms with Crippen molar-refractivity contribution in [1.29, 1.82) is 0 Å². The molecular formula is C19H19NO5. The van der Waals surface area contributed by atoms with Gasteiger partial charge in [0.25, 0.3) is 0 Å². The number of rotatable bonds is 6. The van der Waals surface area contributed by atoms with E-state index in [-0.39, 0.29) is 19.2 Å². The minimum absolute atomic E-state index is 0.0598. The second-order valence-corrected chi connectivity index (χ2v) is 5.85. The summed E-state index contributed by atoms with van der Waals surface area (Å²) in [5, 5.41) is 10.0. The first kappa shape index (κ1) is 17.1. The highest BCUT2D eigenvalue weighted by molar-refractivity contribution is 6.08. The normalized spacial score (nSPS) is 19.0. The molecule has 1 heterocycles. The van der Waals surface area contributed by atoms with Crippen LogP contribution >= 0.6 is 0 Å². The highest BCUT2D eigenvalue weighted by atomic mass is 16.5. The van der Waals surface area contributed by atoms with Crippen molar-refractivity contribution in [1.82, 2.24) is 0 Å². The van der Waals surface area contributed by atoms with E-state index in [4.69, 9.17) is 9.47 Å². The highest BCUT2D eigenvalue weighted by Crippen LogP contribution is 2.41. The lowest BCUT2D eigenvalue weighted by molar-refractivity contribution is -0.127. The number of carbonyl (C=O) groups excluding carboxylic acids is 2. The Hall–Kier alpha value is -2.70. The number of ether oxygens (including phenoxy) is 2. The number of nitrogens with zero attached hydrogens (tertiary/aromatic N) is 1. The molecule has 1 N–H and O–H groups in total. The largest absolute Gasteiger partial charge is 0.460 e. The molecule has 1 unspecified atom stereocenters. The van der Waals surface area contributed by atoms with Crippen molar-refractivity contribution >= 4 is 17.6 Å². The van der Waals surface area contributed by atoms with E-state index in [0.29, 0.717) is 16.8 Å². The minimum Gasteiger partial charge on any atom is -0.460 e. The van der Waals surface area contributed by atoms with Crippen LogP contribution in [0, 0.1) is 0 Å². The molecule has 2 aromatic carbocycles. The molecule has 0 spiro atoms. The Labute approximate surface area is 145 Å². The predicted octanol–water partition coefficient (Wildman–Crippen LogP) is 1.72. The fraction of sp³-hybridized carbons (Fsp3) is 0.263. The van der Waals surface area contributed by atoms with Crippen LogP contribution in [0.25, 0.3) is 0 Å². The molecule has 0 aromatic heterocycles. The Kier molecular flexibility index (Phi) is 4.83. The Morgan fingerprint density at radius 1 is 1.12 bits per heavy atom. The van der Waals surface area contributed by atoms with Crippen LogP contribution in [0.5, 0.6) is 0 Å². The van der Waals surface area contributed by atoms with E-state index in [9.17, 15) is 14.7 Å². The van der Waals surface area contributed by atoms with Crippen LogP contribution in [-0.2, 0) is 19.7 Å². The molecule has 0 saturated carbocycles. The summed E-state index contributed by atoms with van der Waals surface area (Å²) < 4.78 is 10.5.